The van der Waals surface area contributed by atoms with Crippen LogP contribution in [0.25, 0.3) is 11.3 Å². The van der Waals surface area contributed by atoms with Crippen molar-refractivity contribution in [1.82, 2.24) is 19.3 Å². The number of aromatic nitrogens is 3. The van der Waals surface area contributed by atoms with E-state index < -0.39 is 11.0 Å². The van der Waals surface area contributed by atoms with Crippen LogP contribution >= 0.6 is 0 Å². The fraction of sp³-hybridized carbons (Fsp3) is 0.471. The van der Waals surface area contributed by atoms with Gasteiger partial charge in [0.1, 0.15) is 11.6 Å². The molecule has 3 N–H and O–H groups in total. The van der Waals surface area contributed by atoms with Crippen molar-refractivity contribution < 1.29 is 4.21 Å². The van der Waals surface area contributed by atoms with E-state index in [2.05, 4.69) is 20.3 Å². The molecule has 2 aliphatic heterocycles. The van der Waals surface area contributed by atoms with Gasteiger partial charge in [-0.1, -0.05) is 6.42 Å². The highest BCUT2D eigenvalue weighted by atomic mass is 32.2. The predicted molar refractivity (Wildman–Crippen MR) is 101 cm³/mol. The van der Waals surface area contributed by atoms with Gasteiger partial charge in [0.05, 0.1) is 28.6 Å². The summed E-state index contributed by atoms with van der Waals surface area (Å²) in [5, 5.41) is 3.17. The van der Waals surface area contributed by atoms with Crippen LogP contribution in [0.2, 0.25) is 0 Å². The molecule has 134 valence electrons. The molecule has 1 fully saturated rings. The van der Waals surface area contributed by atoms with Crippen molar-refractivity contribution in [2.45, 2.75) is 25.7 Å². The number of piperidine rings is 1. The van der Waals surface area contributed by atoms with E-state index in [1.54, 1.807) is 18.6 Å². The van der Waals surface area contributed by atoms with Crippen molar-refractivity contribution in [2.75, 3.05) is 36.9 Å². The molecular formula is C17H24N6OS. The van der Waals surface area contributed by atoms with Crippen molar-refractivity contribution in [1.29, 1.82) is 0 Å². The molecule has 0 aromatic carbocycles. The average molecular weight is 360 g/mol. The van der Waals surface area contributed by atoms with Crippen molar-refractivity contribution >= 4 is 22.6 Å². The monoisotopic (exact) mass is 360 g/mol. The summed E-state index contributed by atoms with van der Waals surface area (Å²) in [7, 11) is -0.719. The van der Waals surface area contributed by atoms with Crippen LogP contribution in [0, 0.1) is 0 Å². The number of hydrogen-bond acceptors (Lipinski definition) is 6. The van der Waals surface area contributed by atoms with Crippen molar-refractivity contribution in [2.24, 2.45) is 0 Å². The van der Waals surface area contributed by atoms with Crippen LogP contribution in [-0.4, -0.2) is 49.4 Å². The highest BCUT2D eigenvalue weighted by Gasteiger charge is 2.15. The van der Waals surface area contributed by atoms with Crippen LogP contribution in [0.1, 0.15) is 25.0 Å². The van der Waals surface area contributed by atoms with Gasteiger partial charge in [0, 0.05) is 44.1 Å². The van der Waals surface area contributed by atoms with Gasteiger partial charge in [-0.25, -0.2) is 23.5 Å². The summed E-state index contributed by atoms with van der Waals surface area (Å²) in [6, 6.07) is 3.75. The molecule has 0 spiro atoms. The summed E-state index contributed by atoms with van der Waals surface area (Å²) < 4.78 is 12.9. The molecule has 7 nitrogen and oxygen atoms in total. The standard InChI is InChI=1S/C11H11N5.C6H13NOS/c12-10-7(2-1-4-13-10)9-6-15-11-8(16-9)3-5-14-11;1-9(8)7-5-3-2-4-6-7/h1-2,4,6H,3,5H2,(H2,12,13)(H,14,15);2-6H2,1H3. The second-order valence-corrected chi connectivity index (χ2v) is 7.44. The quantitative estimate of drug-likeness (QED) is 0.848. The number of hydrogen-bond donors (Lipinski definition) is 2. The van der Waals surface area contributed by atoms with E-state index in [1.165, 1.54) is 19.3 Å². The first-order valence-electron chi connectivity index (χ1n) is 8.54. The Morgan fingerprint density at radius 3 is 2.72 bits per heavy atom. The Kier molecular flexibility index (Phi) is 5.93. The lowest BCUT2D eigenvalue weighted by Crippen LogP contribution is -2.30. The van der Waals surface area contributed by atoms with Gasteiger partial charge in [-0.15, -0.1) is 0 Å². The number of nitrogens with two attached hydrogens (primary N) is 1. The number of pyridine rings is 1. The first kappa shape index (κ1) is 17.8. The van der Waals surface area contributed by atoms with Crippen LogP contribution in [0.4, 0.5) is 11.6 Å². The van der Waals surface area contributed by atoms with Crippen LogP contribution in [0.15, 0.2) is 24.5 Å². The molecule has 0 amide bonds. The number of anilines is 2. The normalized spacial score (nSPS) is 17.8. The first-order valence-corrected chi connectivity index (χ1v) is 10.1. The van der Waals surface area contributed by atoms with Gasteiger partial charge in [-0.3, -0.25) is 0 Å². The number of fused-ring (bicyclic) bond motifs is 1. The molecular weight excluding hydrogens is 336 g/mol. The second-order valence-electron chi connectivity index (χ2n) is 6.08. The highest BCUT2D eigenvalue weighted by Crippen LogP contribution is 2.25. The third-order valence-electron chi connectivity index (χ3n) is 4.29. The maximum atomic E-state index is 10.8. The molecule has 4 rings (SSSR count). The Morgan fingerprint density at radius 1 is 1.24 bits per heavy atom. The van der Waals surface area contributed by atoms with E-state index in [0.29, 0.717) is 5.82 Å². The van der Waals surface area contributed by atoms with E-state index in [1.807, 2.05) is 16.4 Å². The minimum Gasteiger partial charge on any atom is -0.383 e. The van der Waals surface area contributed by atoms with Gasteiger partial charge >= 0.3 is 0 Å². The summed E-state index contributed by atoms with van der Waals surface area (Å²) in [4.78, 5) is 12.9. The zero-order valence-electron chi connectivity index (χ0n) is 14.4. The molecule has 25 heavy (non-hydrogen) atoms. The smallest absolute Gasteiger partial charge is 0.147 e. The fourth-order valence-corrected chi connectivity index (χ4v) is 3.71. The van der Waals surface area contributed by atoms with Gasteiger partial charge in [-0.2, -0.15) is 0 Å². The largest absolute Gasteiger partial charge is 0.383 e. The maximum absolute atomic E-state index is 10.8. The lowest BCUT2D eigenvalue weighted by atomic mass is 10.2. The van der Waals surface area contributed by atoms with Gasteiger partial charge in [0.25, 0.3) is 0 Å². The Bertz CT molecular complexity index is 748. The summed E-state index contributed by atoms with van der Waals surface area (Å²) in [5.41, 5.74) is 8.43. The van der Waals surface area contributed by atoms with Crippen molar-refractivity contribution in [3.8, 4) is 11.3 Å². The summed E-state index contributed by atoms with van der Waals surface area (Å²) in [5.74, 6) is 1.37. The third kappa shape index (κ3) is 4.52. The Hall–Kier alpha value is -2.06. The first-order chi connectivity index (χ1) is 12.1. The lowest BCUT2D eigenvalue weighted by Gasteiger charge is -2.22. The Morgan fingerprint density at radius 2 is 2.04 bits per heavy atom. The molecule has 1 unspecified atom stereocenters. The van der Waals surface area contributed by atoms with E-state index in [9.17, 15) is 4.21 Å². The zero-order valence-corrected chi connectivity index (χ0v) is 15.3. The van der Waals surface area contributed by atoms with Gasteiger partial charge < -0.3 is 11.1 Å². The molecule has 0 radical (unpaired) electrons. The number of nitrogen functional groups attached to an aromatic ring is 1. The van der Waals surface area contributed by atoms with Crippen LogP contribution in [-0.2, 0) is 17.4 Å². The summed E-state index contributed by atoms with van der Waals surface area (Å²) in [6.45, 7) is 2.97. The van der Waals surface area contributed by atoms with Crippen LogP contribution < -0.4 is 11.1 Å². The molecule has 8 heteroatoms. The SMILES string of the molecule is CS(=O)N1CCCCC1.Nc1ncccc1-c1cnc2c(n1)CCN2. The number of rotatable bonds is 2. The molecule has 2 aliphatic rings. The van der Waals surface area contributed by atoms with Gasteiger partial charge in [-0.05, 0) is 25.0 Å². The minimum atomic E-state index is -0.719. The maximum Gasteiger partial charge on any atom is 0.147 e. The second kappa shape index (κ2) is 8.35. The molecule has 4 heterocycles. The molecule has 1 saturated heterocycles. The third-order valence-corrected chi connectivity index (χ3v) is 5.38. The molecule has 2 aromatic rings. The van der Waals surface area contributed by atoms with Gasteiger partial charge in [0.2, 0.25) is 0 Å². The highest BCUT2D eigenvalue weighted by molar-refractivity contribution is 7.81. The lowest BCUT2D eigenvalue weighted by molar-refractivity contribution is 0.367. The van der Waals surface area contributed by atoms with Crippen LogP contribution in [0.3, 0.4) is 0 Å². The summed E-state index contributed by atoms with van der Waals surface area (Å²) >= 11 is 0. The average Bonchev–Trinajstić information content (AvgIpc) is 3.11. The van der Waals surface area contributed by atoms with E-state index in [0.717, 1.165) is 48.8 Å². The van der Waals surface area contributed by atoms with E-state index >= 15 is 0 Å². The van der Waals surface area contributed by atoms with Crippen LogP contribution in [0.5, 0.6) is 0 Å². The minimum absolute atomic E-state index is 0.489. The predicted octanol–water partition coefficient (Wildman–Crippen LogP) is 1.85. The Balaban J connectivity index is 0.000000173. The van der Waals surface area contributed by atoms with Crippen molar-refractivity contribution in [3.63, 3.8) is 0 Å². The number of nitrogens with zero attached hydrogens (tertiary/aromatic N) is 4. The summed E-state index contributed by atoms with van der Waals surface area (Å²) in [6.07, 6.45) is 9.82. The van der Waals surface area contributed by atoms with Crippen molar-refractivity contribution in [3.05, 3.63) is 30.2 Å². The number of nitrogens with one attached hydrogen (secondary N) is 1. The topological polar surface area (TPSA) is 97.0 Å². The Labute approximate surface area is 150 Å². The van der Waals surface area contributed by atoms with E-state index in [4.69, 9.17) is 5.73 Å². The molecule has 1 atom stereocenters. The zero-order chi connectivity index (χ0) is 17.6. The molecule has 2 aromatic heterocycles. The fourth-order valence-electron chi connectivity index (χ4n) is 2.93. The van der Waals surface area contributed by atoms with Gasteiger partial charge in [0.15, 0.2) is 0 Å². The molecule has 0 bridgehead atoms. The molecule has 0 aliphatic carbocycles. The molecule has 0 saturated carbocycles. The van der Waals surface area contributed by atoms with E-state index in [-0.39, 0.29) is 0 Å².